The minimum atomic E-state index is -1.66. The minimum absolute atomic E-state index is 0.0171. The van der Waals surface area contributed by atoms with Crippen molar-refractivity contribution in [2.75, 3.05) is 19.0 Å². The van der Waals surface area contributed by atoms with Gasteiger partial charge >= 0.3 is 0 Å². The van der Waals surface area contributed by atoms with Crippen molar-refractivity contribution in [1.29, 1.82) is 0 Å². The summed E-state index contributed by atoms with van der Waals surface area (Å²) < 4.78 is 40.0. The summed E-state index contributed by atoms with van der Waals surface area (Å²) in [6.07, 6.45) is 5.64. The van der Waals surface area contributed by atoms with Crippen LogP contribution >= 0.6 is 11.8 Å². The van der Waals surface area contributed by atoms with E-state index in [0.717, 1.165) is 31.4 Å². The largest absolute Gasteiger partial charge is 0.382 e. The van der Waals surface area contributed by atoms with Crippen LogP contribution in [0.15, 0.2) is 30.9 Å². The lowest BCUT2D eigenvalue weighted by Gasteiger charge is -2.42. The number of benzene rings is 1. The topological polar surface area (TPSA) is 69.4 Å². The molecule has 0 spiro atoms. The molecule has 2 unspecified atom stereocenters. The summed E-state index contributed by atoms with van der Waals surface area (Å²) >= 11 is 1.45. The lowest BCUT2D eigenvalue weighted by Crippen LogP contribution is -2.49. The highest BCUT2D eigenvalue weighted by atomic mass is 32.2. The number of hydrogen-bond donors (Lipinski definition) is 1. The molecule has 1 N–H and O–H groups in total. The Balaban J connectivity index is 1.74. The minimum Gasteiger partial charge on any atom is -0.382 e. The van der Waals surface area contributed by atoms with Crippen molar-refractivity contribution in [2.24, 2.45) is 0 Å². The smallest absolute Gasteiger partial charge is 0.157 e. The average Bonchev–Trinajstić information content (AvgIpc) is 3.18. The highest BCUT2D eigenvalue weighted by molar-refractivity contribution is 8.00. The van der Waals surface area contributed by atoms with E-state index in [1.54, 1.807) is 0 Å². The predicted octanol–water partition coefficient (Wildman–Crippen LogP) is 3.50. The summed E-state index contributed by atoms with van der Waals surface area (Å²) in [5.41, 5.74) is -1.65. The second-order valence-electron chi connectivity index (χ2n) is 7.60. The van der Waals surface area contributed by atoms with Gasteiger partial charge in [-0.05, 0) is 39.2 Å². The molecule has 0 radical (unpaired) electrons. The second kappa shape index (κ2) is 9.51. The summed E-state index contributed by atoms with van der Waals surface area (Å²) in [5, 5.41) is 15.7. The maximum atomic E-state index is 14.6. The summed E-state index contributed by atoms with van der Waals surface area (Å²) in [5.74, 6) is -0.913. The lowest BCUT2D eigenvalue weighted by molar-refractivity contribution is -0.158. The first-order valence-corrected chi connectivity index (χ1v) is 10.7. The van der Waals surface area contributed by atoms with E-state index in [1.807, 2.05) is 13.8 Å². The SMILES string of the molecule is CC(C)(SCCOC1CCCCO1)C(O)(Cn1cncn1)c1ccc(F)cc1F. The van der Waals surface area contributed by atoms with Crippen molar-refractivity contribution < 1.29 is 23.4 Å². The van der Waals surface area contributed by atoms with Crippen LogP contribution in [0.4, 0.5) is 8.78 Å². The standard InChI is InChI=1S/C20H27F2N3O3S/c1-19(2,29-10-9-28-18-5-3-4-8-27-18)20(26,12-25-14-23-13-24-25)16-7-6-15(21)11-17(16)22/h6-7,11,13-14,18,26H,3-5,8-10,12H2,1-2H3. The Morgan fingerprint density at radius 1 is 1.34 bits per heavy atom. The van der Waals surface area contributed by atoms with Crippen LogP contribution in [0.3, 0.4) is 0 Å². The molecule has 3 rings (SSSR count). The van der Waals surface area contributed by atoms with Gasteiger partial charge in [-0.3, -0.25) is 0 Å². The second-order valence-corrected chi connectivity index (χ2v) is 9.32. The average molecular weight is 428 g/mol. The van der Waals surface area contributed by atoms with Crippen LogP contribution < -0.4 is 0 Å². The van der Waals surface area contributed by atoms with Gasteiger partial charge in [0.25, 0.3) is 0 Å². The Bertz CT molecular complexity index is 785. The van der Waals surface area contributed by atoms with Crippen LogP contribution in [0, 0.1) is 11.6 Å². The zero-order valence-corrected chi connectivity index (χ0v) is 17.5. The molecule has 2 atom stereocenters. The van der Waals surface area contributed by atoms with Gasteiger partial charge in [0.2, 0.25) is 0 Å². The van der Waals surface area contributed by atoms with Gasteiger partial charge in [-0.2, -0.15) is 5.10 Å². The number of hydrogen-bond acceptors (Lipinski definition) is 6. The van der Waals surface area contributed by atoms with E-state index >= 15 is 0 Å². The molecule has 29 heavy (non-hydrogen) atoms. The third-order valence-electron chi connectivity index (χ3n) is 5.22. The first-order valence-electron chi connectivity index (χ1n) is 9.69. The van der Waals surface area contributed by atoms with Gasteiger partial charge in [0.05, 0.1) is 13.2 Å². The van der Waals surface area contributed by atoms with Gasteiger partial charge in [0, 0.05) is 28.7 Å². The fourth-order valence-corrected chi connectivity index (χ4v) is 4.52. The Hall–Kier alpha value is -1.55. The zero-order chi connectivity index (χ0) is 20.9. The zero-order valence-electron chi connectivity index (χ0n) is 16.7. The van der Waals surface area contributed by atoms with E-state index in [4.69, 9.17) is 9.47 Å². The van der Waals surface area contributed by atoms with E-state index in [9.17, 15) is 13.9 Å². The molecule has 0 saturated carbocycles. The van der Waals surface area contributed by atoms with Crippen LogP contribution in [-0.2, 0) is 21.6 Å². The Morgan fingerprint density at radius 3 is 2.83 bits per heavy atom. The maximum Gasteiger partial charge on any atom is 0.157 e. The van der Waals surface area contributed by atoms with E-state index in [-0.39, 0.29) is 18.4 Å². The normalized spacial score (nSPS) is 19.8. The molecule has 1 aliphatic heterocycles. The fourth-order valence-electron chi connectivity index (χ4n) is 3.41. The first-order chi connectivity index (χ1) is 13.8. The van der Waals surface area contributed by atoms with Crippen molar-refractivity contribution in [3.63, 3.8) is 0 Å². The van der Waals surface area contributed by atoms with Crippen molar-refractivity contribution in [1.82, 2.24) is 14.8 Å². The number of aromatic nitrogens is 3. The summed E-state index contributed by atoms with van der Waals surface area (Å²) in [4.78, 5) is 3.89. The Morgan fingerprint density at radius 2 is 2.17 bits per heavy atom. The molecule has 2 aromatic rings. The quantitative estimate of drug-likeness (QED) is 0.618. The number of halogens is 2. The molecule has 0 bridgehead atoms. The number of thioether (sulfide) groups is 1. The third-order valence-corrected chi connectivity index (χ3v) is 6.65. The van der Waals surface area contributed by atoms with Gasteiger partial charge in [0.15, 0.2) is 6.29 Å². The van der Waals surface area contributed by atoms with Gasteiger partial charge in [-0.15, -0.1) is 11.8 Å². The number of nitrogens with zero attached hydrogens (tertiary/aromatic N) is 3. The highest BCUT2D eigenvalue weighted by Crippen LogP contribution is 2.44. The number of aliphatic hydroxyl groups is 1. The van der Waals surface area contributed by atoms with Crippen LogP contribution in [0.25, 0.3) is 0 Å². The van der Waals surface area contributed by atoms with Crippen molar-refractivity contribution in [3.8, 4) is 0 Å². The van der Waals surface area contributed by atoms with Gasteiger partial charge in [-0.1, -0.05) is 6.07 Å². The van der Waals surface area contributed by atoms with E-state index < -0.39 is 22.0 Å². The lowest BCUT2D eigenvalue weighted by atomic mass is 9.82. The molecule has 1 saturated heterocycles. The molecule has 160 valence electrons. The van der Waals surface area contributed by atoms with E-state index in [1.165, 1.54) is 35.2 Å². The van der Waals surface area contributed by atoms with Crippen molar-refractivity contribution >= 4 is 11.8 Å². The molecule has 1 aromatic heterocycles. The molecular weight excluding hydrogens is 400 g/mol. The molecule has 6 nitrogen and oxygen atoms in total. The third kappa shape index (κ3) is 5.33. The molecular formula is C20H27F2N3O3S. The molecule has 0 amide bonds. The van der Waals surface area contributed by atoms with Gasteiger partial charge in [0.1, 0.15) is 29.9 Å². The molecule has 9 heteroatoms. The van der Waals surface area contributed by atoms with Crippen LogP contribution in [0.1, 0.15) is 38.7 Å². The molecule has 1 aliphatic rings. The molecule has 1 aromatic carbocycles. The number of rotatable bonds is 9. The fraction of sp³-hybridized carbons (Fsp3) is 0.600. The molecule has 0 aliphatic carbocycles. The Labute approximate surface area is 173 Å². The van der Waals surface area contributed by atoms with Gasteiger partial charge < -0.3 is 14.6 Å². The monoisotopic (exact) mass is 427 g/mol. The summed E-state index contributed by atoms with van der Waals surface area (Å²) in [6, 6.07) is 3.22. The Kier molecular flexibility index (Phi) is 7.26. The first kappa shape index (κ1) is 22.1. The van der Waals surface area contributed by atoms with Crippen LogP contribution in [-0.4, -0.2) is 49.9 Å². The maximum absolute atomic E-state index is 14.6. The van der Waals surface area contributed by atoms with Gasteiger partial charge in [-0.25, -0.2) is 18.4 Å². The van der Waals surface area contributed by atoms with E-state index in [2.05, 4.69) is 10.1 Å². The van der Waals surface area contributed by atoms with E-state index in [0.29, 0.717) is 19.0 Å². The van der Waals surface area contributed by atoms with Crippen molar-refractivity contribution in [3.05, 3.63) is 48.1 Å². The summed E-state index contributed by atoms with van der Waals surface area (Å²) in [7, 11) is 0. The molecule has 2 heterocycles. The van der Waals surface area contributed by atoms with Crippen LogP contribution in [0.5, 0.6) is 0 Å². The van der Waals surface area contributed by atoms with Crippen molar-refractivity contribution in [2.45, 2.75) is 56.3 Å². The summed E-state index contributed by atoms with van der Waals surface area (Å²) in [6.45, 7) is 4.79. The molecule has 1 fully saturated rings. The van der Waals surface area contributed by atoms with Crippen LogP contribution in [0.2, 0.25) is 0 Å². The predicted molar refractivity (Wildman–Crippen MR) is 106 cm³/mol. The highest BCUT2D eigenvalue weighted by Gasteiger charge is 2.47. The number of ether oxygens (including phenoxy) is 2.